The lowest BCUT2D eigenvalue weighted by Gasteiger charge is -1.94. The molecule has 0 saturated carbocycles. The molecule has 0 unspecified atom stereocenters. The summed E-state index contributed by atoms with van der Waals surface area (Å²) in [6.07, 6.45) is 3.50. The third kappa shape index (κ3) is 3.27. The van der Waals surface area contributed by atoms with Crippen LogP contribution < -0.4 is 5.73 Å². The van der Waals surface area contributed by atoms with Gasteiger partial charge in [0.2, 0.25) is 0 Å². The number of hydrogen-bond donors (Lipinski definition) is 1. The molecule has 0 aromatic carbocycles. The molecule has 1 rings (SSSR count). The quantitative estimate of drug-likeness (QED) is 0.687. The lowest BCUT2D eigenvalue weighted by molar-refractivity contribution is 1.03. The van der Waals surface area contributed by atoms with E-state index in [4.69, 9.17) is 5.73 Å². The molecule has 2 nitrogen and oxygen atoms in total. The van der Waals surface area contributed by atoms with Crippen molar-refractivity contribution in [3.8, 4) is 11.8 Å². The Hall–Kier alpha value is -1.33. The van der Waals surface area contributed by atoms with Crippen molar-refractivity contribution in [2.45, 2.75) is 19.8 Å². The first-order valence-corrected chi connectivity index (χ1v) is 4.50. The second kappa shape index (κ2) is 5.34. The molecule has 0 radical (unpaired) electrons. The van der Waals surface area contributed by atoms with Crippen LogP contribution in [0, 0.1) is 11.8 Å². The van der Waals surface area contributed by atoms with Crippen molar-refractivity contribution in [3.63, 3.8) is 0 Å². The topological polar surface area (TPSA) is 38.9 Å². The Morgan fingerprint density at radius 2 is 2.38 bits per heavy atom. The molecule has 13 heavy (non-hydrogen) atoms. The highest BCUT2D eigenvalue weighted by Gasteiger charge is 1.90. The maximum atomic E-state index is 5.33. The molecule has 0 atom stereocenters. The Labute approximate surface area is 79.2 Å². The third-order valence-electron chi connectivity index (χ3n) is 1.68. The van der Waals surface area contributed by atoms with Crippen molar-refractivity contribution in [2.75, 3.05) is 6.54 Å². The highest BCUT2D eigenvalue weighted by atomic mass is 14.7. The lowest BCUT2D eigenvalue weighted by atomic mass is 10.2. The van der Waals surface area contributed by atoms with Gasteiger partial charge in [-0.15, -0.1) is 0 Å². The van der Waals surface area contributed by atoms with Gasteiger partial charge in [0.05, 0.1) is 0 Å². The van der Waals surface area contributed by atoms with E-state index < -0.39 is 0 Å². The van der Waals surface area contributed by atoms with Gasteiger partial charge in [-0.3, -0.25) is 4.98 Å². The molecule has 2 heteroatoms. The summed E-state index contributed by atoms with van der Waals surface area (Å²) in [5, 5.41) is 0. The maximum absolute atomic E-state index is 5.33. The van der Waals surface area contributed by atoms with Gasteiger partial charge in [-0.1, -0.05) is 18.8 Å². The molecule has 0 aliphatic carbocycles. The number of aromatic nitrogens is 1. The maximum Gasteiger partial charge on any atom is 0.0413 e. The zero-order valence-electron chi connectivity index (χ0n) is 7.88. The smallest absolute Gasteiger partial charge is 0.0413 e. The molecule has 0 spiro atoms. The van der Waals surface area contributed by atoms with E-state index in [0.29, 0.717) is 6.54 Å². The number of hydrogen-bond acceptors (Lipinski definition) is 2. The summed E-state index contributed by atoms with van der Waals surface area (Å²) in [7, 11) is 0. The van der Waals surface area contributed by atoms with Gasteiger partial charge < -0.3 is 5.73 Å². The minimum absolute atomic E-state index is 0.624. The summed E-state index contributed by atoms with van der Waals surface area (Å²) < 4.78 is 0. The first-order chi connectivity index (χ1) is 6.36. The monoisotopic (exact) mass is 174 g/mol. The molecule has 0 aliphatic rings. The summed E-state index contributed by atoms with van der Waals surface area (Å²) in [5.41, 5.74) is 7.44. The molecule has 0 bridgehead atoms. The second-order valence-electron chi connectivity index (χ2n) is 2.73. The van der Waals surface area contributed by atoms with Crippen molar-refractivity contribution < 1.29 is 0 Å². The summed E-state index contributed by atoms with van der Waals surface area (Å²) in [6.45, 7) is 2.71. The van der Waals surface area contributed by atoms with Crippen LogP contribution in [0.4, 0.5) is 0 Å². The molecule has 0 aliphatic heterocycles. The number of nitrogens with zero attached hydrogens (tertiary/aromatic N) is 1. The number of pyridine rings is 1. The van der Waals surface area contributed by atoms with Gasteiger partial charge in [0.25, 0.3) is 0 Å². The summed E-state index contributed by atoms with van der Waals surface area (Å²) in [5.74, 6) is 6.05. The molecular formula is C11H14N2. The number of nitrogens with two attached hydrogens (primary N) is 1. The average molecular weight is 174 g/mol. The molecule has 0 amide bonds. The Kier molecular flexibility index (Phi) is 4.01. The van der Waals surface area contributed by atoms with Gasteiger partial charge in [0.15, 0.2) is 0 Å². The van der Waals surface area contributed by atoms with Crippen LogP contribution in [0.15, 0.2) is 18.3 Å². The fourth-order valence-electron chi connectivity index (χ4n) is 0.986. The Morgan fingerprint density at radius 3 is 3.08 bits per heavy atom. The van der Waals surface area contributed by atoms with Gasteiger partial charge in [0.1, 0.15) is 0 Å². The molecule has 0 fully saturated rings. The normalized spacial score (nSPS) is 9.08. The number of rotatable bonds is 2. The van der Waals surface area contributed by atoms with Crippen LogP contribution in [0.1, 0.15) is 24.6 Å². The predicted octanol–water partition coefficient (Wildman–Crippen LogP) is 1.34. The minimum atomic E-state index is 0.624. The Balaban J connectivity index is 2.73. The van der Waals surface area contributed by atoms with Gasteiger partial charge >= 0.3 is 0 Å². The molecule has 68 valence electrons. The van der Waals surface area contributed by atoms with Crippen LogP contribution >= 0.6 is 0 Å². The zero-order valence-corrected chi connectivity index (χ0v) is 7.88. The summed E-state index contributed by atoms with van der Waals surface area (Å²) in [4.78, 5) is 4.19. The largest absolute Gasteiger partial charge is 0.330 e. The van der Waals surface area contributed by atoms with Crippen LogP contribution in [0.25, 0.3) is 0 Å². The van der Waals surface area contributed by atoms with Crippen molar-refractivity contribution in [1.29, 1.82) is 0 Å². The fraction of sp³-hybridized carbons (Fsp3) is 0.364. The third-order valence-corrected chi connectivity index (χ3v) is 1.68. The summed E-state index contributed by atoms with van der Waals surface area (Å²) >= 11 is 0. The van der Waals surface area contributed by atoms with Crippen LogP contribution in [0.3, 0.4) is 0 Å². The van der Waals surface area contributed by atoms with Gasteiger partial charge in [-0.25, -0.2) is 0 Å². The van der Waals surface area contributed by atoms with E-state index in [1.807, 2.05) is 12.1 Å². The minimum Gasteiger partial charge on any atom is -0.330 e. The van der Waals surface area contributed by atoms with Crippen LogP contribution in [0.2, 0.25) is 0 Å². The molecule has 1 aromatic rings. The number of aryl methyl sites for hydroxylation is 1. The molecule has 0 saturated heterocycles. The lowest BCUT2D eigenvalue weighted by Crippen LogP contribution is -1.95. The van der Waals surface area contributed by atoms with Crippen molar-refractivity contribution in [1.82, 2.24) is 4.98 Å². The highest BCUT2D eigenvalue weighted by Crippen LogP contribution is 2.00. The molecular weight excluding hydrogens is 160 g/mol. The van der Waals surface area contributed by atoms with Crippen molar-refractivity contribution >= 4 is 0 Å². The van der Waals surface area contributed by atoms with E-state index in [2.05, 4.69) is 23.7 Å². The average Bonchev–Trinajstić information content (AvgIpc) is 2.19. The van der Waals surface area contributed by atoms with Gasteiger partial charge in [0, 0.05) is 30.4 Å². The van der Waals surface area contributed by atoms with Crippen LogP contribution in [-0.4, -0.2) is 11.5 Å². The van der Waals surface area contributed by atoms with Crippen molar-refractivity contribution in [3.05, 3.63) is 29.6 Å². The van der Waals surface area contributed by atoms with Crippen LogP contribution in [0.5, 0.6) is 0 Å². The van der Waals surface area contributed by atoms with E-state index in [1.54, 1.807) is 6.20 Å². The molecule has 1 heterocycles. The Morgan fingerprint density at radius 1 is 1.54 bits per heavy atom. The molecule has 2 N–H and O–H groups in total. The first kappa shape index (κ1) is 9.76. The van der Waals surface area contributed by atoms with Crippen LogP contribution in [-0.2, 0) is 6.42 Å². The zero-order chi connectivity index (χ0) is 9.52. The summed E-state index contributed by atoms with van der Waals surface area (Å²) in [6, 6.07) is 3.94. The fourth-order valence-corrected chi connectivity index (χ4v) is 0.986. The van der Waals surface area contributed by atoms with E-state index in [9.17, 15) is 0 Å². The van der Waals surface area contributed by atoms with Gasteiger partial charge in [-0.05, 0) is 18.6 Å². The highest BCUT2D eigenvalue weighted by molar-refractivity contribution is 5.34. The standard InChI is InChI=1S/C11H14N2/c1-2-11-9-10(6-8-13-11)5-3-4-7-12/h6,8-9H,2,4,7,12H2,1H3. The van der Waals surface area contributed by atoms with E-state index in [0.717, 1.165) is 24.1 Å². The first-order valence-electron chi connectivity index (χ1n) is 4.50. The van der Waals surface area contributed by atoms with Crippen molar-refractivity contribution in [2.24, 2.45) is 5.73 Å². The van der Waals surface area contributed by atoms with E-state index in [-0.39, 0.29) is 0 Å². The second-order valence-corrected chi connectivity index (χ2v) is 2.73. The molecule has 1 aromatic heterocycles. The Bertz CT molecular complexity index is 320. The predicted molar refractivity (Wildman–Crippen MR) is 54.2 cm³/mol. The SMILES string of the molecule is CCc1cc(C#CCCN)ccn1. The van der Waals surface area contributed by atoms with E-state index in [1.165, 1.54) is 0 Å². The van der Waals surface area contributed by atoms with E-state index >= 15 is 0 Å². The van der Waals surface area contributed by atoms with Gasteiger partial charge in [-0.2, -0.15) is 0 Å².